The minimum Gasteiger partial charge on any atom is -0.466 e. The van der Waals surface area contributed by atoms with Crippen LogP contribution < -0.4 is 5.73 Å². The summed E-state index contributed by atoms with van der Waals surface area (Å²) in [5.41, 5.74) is 6.42. The minimum absolute atomic E-state index is 0.240. The number of nitrogen functional groups attached to an aromatic ring is 1. The molecule has 0 aliphatic rings. The molecule has 2 N–H and O–H groups in total. The van der Waals surface area contributed by atoms with E-state index in [1.165, 1.54) is 0 Å². The lowest BCUT2D eigenvalue weighted by atomic mass is 10.2. The Hall–Kier alpha value is -1.84. The third-order valence-electron chi connectivity index (χ3n) is 1.76. The number of ether oxygens (including phenoxy) is 1. The molecule has 0 unspecified atom stereocenters. The molecule has 4 nitrogen and oxygen atoms in total. The molecule has 0 aliphatic heterocycles. The summed E-state index contributed by atoms with van der Waals surface area (Å²) in [4.78, 5) is 14.9. The van der Waals surface area contributed by atoms with E-state index in [1.807, 2.05) is 6.07 Å². The first-order chi connectivity index (χ1) is 7.24. The summed E-state index contributed by atoms with van der Waals surface area (Å²) in [5.74, 6) is 0.217. The zero-order valence-electron chi connectivity index (χ0n) is 8.64. The summed E-state index contributed by atoms with van der Waals surface area (Å²) in [5, 5.41) is 0. The fraction of sp³-hybridized carbons (Fsp3) is 0.273. The van der Waals surface area contributed by atoms with Gasteiger partial charge in [-0.2, -0.15) is 0 Å². The molecular weight excluding hydrogens is 192 g/mol. The van der Waals surface area contributed by atoms with Gasteiger partial charge in [-0.3, -0.25) is 4.79 Å². The average molecular weight is 206 g/mol. The van der Waals surface area contributed by atoms with Crippen LogP contribution in [0.5, 0.6) is 0 Å². The van der Waals surface area contributed by atoms with E-state index in [9.17, 15) is 4.79 Å². The number of pyridine rings is 1. The Kier molecular flexibility index (Phi) is 4.34. The molecule has 1 aromatic heterocycles. The van der Waals surface area contributed by atoms with Crippen LogP contribution in [-0.4, -0.2) is 17.6 Å². The van der Waals surface area contributed by atoms with Crippen molar-refractivity contribution >= 4 is 17.9 Å². The summed E-state index contributed by atoms with van der Waals surface area (Å²) in [6.07, 6.45) is 5.35. The fourth-order valence-electron chi connectivity index (χ4n) is 1.07. The molecule has 0 aromatic carbocycles. The quantitative estimate of drug-likeness (QED) is 0.760. The first-order valence-corrected chi connectivity index (χ1v) is 4.76. The van der Waals surface area contributed by atoms with Crippen LogP contribution >= 0.6 is 0 Å². The number of nitrogens with zero attached hydrogens (tertiary/aromatic N) is 1. The molecule has 0 aliphatic carbocycles. The van der Waals surface area contributed by atoms with E-state index in [2.05, 4.69) is 4.98 Å². The number of hydrogen-bond donors (Lipinski definition) is 1. The van der Waals surface area contributed by atoms with E-state index in [0.29, 0.717) is 12.4 Å². The van der Waals surface area contributed by atoms with Gasteiger partial charge in [0.25, 0.3) is 0 Å². The maximum atomic E-state index is 11.0. The van der Waals surface area contributed by atoms with Crippen LogP contribution in [0.25, 0.3) is 6.08 Å². The van der Waals surface area contributed by atoms with E-state index in [0.717, 1.165) is 5.56 Å². The number of anilines is 1. The lowest BCUT2D eigenvalue weighted by Gasteiger charge is -1.98. The minimum atomic E-state index is -0.240. The summed E-state index contributed by atoms with van der Waals surface area (Å²) in [6, 6.07) is 3.63. The van der Waals surface area contributed by atoms with Crippen LogP contribution in [0.3, 0.4) is 0 Å². The predicted octanol–water partition coefficient (Wildman–Crippen LogP) is 1.63. The first kappa shape index (κ1) is 11.2. The number of aromatic nitrogens is 1. The largest absolute Gasteiger partial charge is 0.466 e. The van der Waals surface area contributed by atoms with Gasteiger partial charge in [0.2, 0.25) is 0 Å². The van der Waals surface area contributed by atoms with Crippen LogP contribution in [-0.2, 0) is 9.53 Å². The molecule has 1 heterocycles. The molecule has 15 heavy (non-hydrogen) atoms. The smallest absolute Gasteiger partial charge is 0.309 e. The van der Waals surface area contributed by atoms with E-state index in [1.54, 1.807) is 31.3 Å². The second-order valence-corrected chi connectivity index (χ2v) is 2.89. The van der Waals surface area contributed by atoms with Crippen LogP contribution in [0.1, 0.15) is 18.9 Å². The lowest BCUT2D eigenvalue weighted by molar-refractivity contribution is -0.142. The molecular formula is C11H14N2O2. The molecule has 1 aromatic rings. The Morgan fingerprint density at radius 1 is 1.67 bits per heavy atom. The Morgan fingerprint density at radius 3 is 3.13 bits per heavy atom. The van der Waals surface area contributed by atoms with Crippen molar-refractivity contribution in [1.29, 1.82) is 0 Å². The van der Waals surface area contributed by atoms with Crippen molar-refractivity contribution in [2.75, 3.05) is 12.3 Å². The molecule has 0 radical (unpaired) electrons. The van der Waals surface area contributed by atoms with Crippen molar-refractivity contribution in [1.82, 2.24) is 4.98 Å². The number of carbonyl (C=O) groups is 1. The zero-order valence-corrected chi connectivity index (χ0v) is 8.64. The summed E-state index contributed by atoms with van der Waals surface area (Å²) < 4.78 is 4.77. The van der Waals surface area contributed by atoms with Gasteiger partial charge >= 0.3 is 5.97 Å². The molecule has 1 rings (SSSR count). The van der Waals surface area contributed by atoms with Crippen molar-refractivity contribution in [3.63, 3.8) is 0 Å². The average Bonchev–Trinajstić information content (AvgIpc) is 2.21. The summed E-state index contributed by atoms with van der Waals surface area (Å²) in [6.45, 7) is 2.18. The molecule has 0 bridgehead atoms. The molecule has 4 heteroatoms. The number of rotatable bonds is 4. The predicted molar refractivity (Wildman–Crippen MR) is 58.9 cm³/mol. The van der Waals surface area contributed by atoms with Gasteiger partial charge in [-0.25, -0.2) is 4.98 Å². The number of carbonyl (C=O) groups excluding carboxylic acids is 1. The SMILES string of the molecule is CCOC(=O)CC=Cc1cccnc1N. The van der Waals surface area contributed by atoms with Gasteiger partial charge in [-0.15, -0.1) is 0 Å². The molecule has 80 valence electrons. The Bertz CT molecular complexity index is 361. The van der Waals surface area contributed by atoms with Gasteiger partial charge in [0.05, 0.1) is 13.0 Å². The molecule has 0 atom stereocenters. The Morgan fingerprint density at radius 2 is 2.47 bits per heavy atom. The van der Waals surface area contributed by atoms with Gasteiger partial charge in [0, 0.05) is 11.8 Å². The highest BCUT2D eigenvalue weighted by Gasteiger charge is 1.97. The molecule has 0 saturated carbocycles. The second-order valence-electron chi connectivity index (χ2n) is 2.89. The third-order valence-corrected chi connectivity index (χ3v) is 1.76. The summed E-state index contributed by atoms with van der Waals surface area (Å²) >= 11 is 0. The van der Waals surface area contributed by atoms with E-state index in [-0.39, 0.29) is 12.4 Å². The Labute approximate surface area is 88.8 Å². The van der Waals surface area contributed by atoms with Crippen molar-refractivity contribution < 1.29 is 9.53 Å². The first-order valence-electron chi connectivity index (χ1n) is 4.76. The molecule has 0 saturated heterocycles. The second kappa shape index (κ2) is 5.80. The molecule has 0 fully saturated rings. The lowest BCUT2D eigenvalue weighted by Crippen LogP contribution is -2.01. The highest BCUT2D eigenvalue weighted by Crippen LogP contribution is 2.09. The standard InChI is InChI=1S/C11H14N2O2/c1-2-15-10(14)7-3-5-9-6-4-8-13-11(9)12/h3-6,8H,2,7H2,1H3,(H2,12,13). The highest BCUT2D eigenvalue weighted by atomic mass is 16.5. The van der Waals surface area contributed by atoms with Crippen LogP contribution in [0.15, 0.2) is 24.4 Å². The van der Waals surface area contributed by atoms with E-state index in [4.69, 9.17) is 10.5 Å². The number of hydrogen-bond acceptors (Lipinski definition) is 4. The van der Waals surface area contributed by atoms with Crippen molar-refractivity contribution in [2.24, 2.45) is 0 Å². The van der Waals surface area contributed by atoms with Gasteiger partial charge in [0.1, 0.15) is 5.82 Å². The topological polar surface area (TPSA) is 65.2 Å². The number of esters is 1. The van der Waals surface area contributed by atoms with Gasteiger partial charge in [0.15, 0.2) is 0 Å². The fourth-order valence-corrected chi connectivity index (χ4v) is 1.07. The maximum absolute atomic E-state index is 11.0. The van der Waals surface area contributed by atoms with Gasteiger partial charge in [-0.1, -0.05) is 12.2 Å². The van der Waals surface area contributed by atoms with Crippen LogP contribution in [0.4, 0.5) is 5.82 Å². The van der Waals surface area contributed by atoms with Crippen molar-refractivity contribution in [3.8, 4) is 0 Å². The van der Waals surface area contributed by atoms with Gasteiger partial charge in [-0.05, 0) is 19.1 Å². The summed E-state index contributed by atoms with van der Waals surface area (Å²) in [7, 11) is 0. The van der Waals surface area contributed by atoms with E-state index >= 15 is 0 Å². The Balaban J connectivity index is 2.52. The van der Waals surface area contributed by atoms with Crippen molar-refractivity contribution in [2.45, 2.75) is 13.3 Å². The third kappa shape index (κ3) is 3.81. The molecule has 0 amide bonds. The monoisotopic (exact) mass is 206 g/mol. The normalized spacial score (nSPS) is 10.5. The van der Waals surface area contributed by atoms with Crippen molar-refractivity contribution in [3.05, 3.63) is 30.0 Å². The van der Waals surface area contributed by atoms with Crippen LogP contribution in [0, 0.1) is 0 Å². The van der Waals surface area contributed by atoms with Gasteiger partial charge < -0.3 is 10.5 Å². The maximum Gasteiger partial charge on any atom is 0.309 e. The number of nitrogens with two attached hydrogens (primary N) is 1. The molecule has 0 spiro atoms. The zero-order chi connectivity index (χ0) is 11.1. The van der Waals surface area contributed by atoms with E-state index < -0.39 is 0 Å². The highest BCUT2D eigenvalue weighted by molar-refractivity contribution is 5.73. The van der Waals surface area contributed by atoms with Crippen LogP contribution in [0.2, 0.25) is 0 Å².